The lowest BCUT2D eigenvalue weighted by Crippen LogP contribution is -2.10. The lowest BCUT2D eigenvalue weighted by molar-refractivity contribution is 0.454. The average Bonchev–Trinajstić information content (AvgIpc) is 2.38. The highest BCUT2D eigenvalue weighted by molar-refractivity contribution is 5.36. The SMILES string of the molecule is Cc1ccc(CN)c(Oc2ccc(C(C)(C)C)cc2)n1. The second kappa shape index (κ2) is 5.63. The van der Waals surface area contributed by atoms with Crippen molar-refractivity contribution in [2.24, 2.45) is 5.73 Å². The van der Waals surface area contributed by atoms with Crippen molar-refractivity contribution < 1.29 is 4.74 Å². The van der Waals surface area contributed by atoms with Crippen LogP contribution in [0.3, 0.4) is 0 Å². The van der Waals surface area contributed by atoms with Gasteiger partial charge in [-0.1, -0.05) is 39.0 Å². The van der Waals surface area contributed by atoms with Crippen molar-refractivity contribution in [3.63, 3.8) is 0 Å². The molecule has 0 aliphatic rings. The number of aryl methyl sites for hydroxylation is 1. The first-order valence-electron chi connectivity index (χ1n) is 6.85. The normalized spacial score (nSPS) is 11.4. The summed E-state index contributed by atoms with van der Waals surface area (Å²) in [7, 11) is 0. The summed E-state index contributed by atoms with van der Waals surface area (Å²) in [5.41, 5.74) is 8.97. The quantitative estimate of drug-likeness (QED) is 0.919. The summed E-state index contributed by atoms with van der Waals surface area (Å²) < 4.78 is 5.86. The first-order chi connectivity index (χ1) is 9.40. The Morgan fingerprint density at radius 3 is 2.25 bits per heavy atom. The van der Waals surface area contributed by atoms with E-state index in [1.165, 1.54) is 5.56 Å². The second-order valence-corrected chi connectivity index (χ2v) is 6.00. The van der Waals surface area contributed by atoms with Gasteiger partial charge in [0, 0.05) is 17.8 Å². The Morgan fingerprint density at radius 2 is 1.70 bits per heavy atom. The predicted octanol–water partition coefficient (Wildman–Crippen LogP) is 3.94. The fourth-order valence-electron chi connectivity index (χ4n) is 1.94. The van der Waals surface area contributed by atoms with Gasteiger partial charge in [-0.25, -0.2) is 4.98 Å². The van der Waals surface area contributed by atoms with Crippen LogP contribution in [-0.2, 0) is 12.0 Å². The van der Waals surface area contributed by atoms with Gasteiger partial charge in [0.05, 0.1) is 0 Å². The van der Waals surface area contributed by atoms with Crippen LogP contribution in [0.2, 0.25) is 0 Å². The molecule has 2 N–H and O–H groups in total. The molecule has 2 rings (SSSR count). The van der Waals surface area contributed by atoms with Crippen LogP contribution in [0.25, 0.3) is 0 Å². The van der Waals surface area contributed by atoms with E-state index >= 15 is 0 Å². The van der Waals surface area contributed by atoms with Gasteiger partial charge in [0.25, 0.3) is 0 Å². The summed E-state index contributed by atoms with van der Waals surface area (Å²) in [6.07, 6.45) is 0. The van der Waals surface area contributed by atoms with Gasteiger partial charge >= 0.3 is 0 Å². The molecular formula is C17H22N2O. The van der Waals surface area contributed by atoms with Crippen LogP contribution in [0.15, 0.2) is 36.4 Å². The molecule has 0 saturated carbocycles. The maximum atomic E-state index is 5.86. The van der Waals surface area contributed by atoms with Crippen molar-refractivity contribution in [1.29, 1.82) is 0 Å². The number of nitrogens with two attached hydrogens (primary N) is 1. The van der Waals surface area contributed by atoms with Crippen LogP contribution in [-0.4, -0.2) is 4.98 Å². The monoisotopic (exact) mass is 270 g/mol. The number of benzene rings is 1. The highest BCUT2D eigenvalue weighted by Gasteiger charge is 2.13. The molecule has 2 aromatic rings. The van der Waals surface area contributed by atoms with Crippen LogP contribution in [0.1, 0.15) is 37.6 Å². The fraction of sp³-hybridized carbons (Fsp3) is 0.353. The summed E-state index contributed by atoms with van der Waals surface area (Å²) in [6, 6.07) is 12.0. The molecule has 1 heterocycles. The molecule has 0 saturated heterocycles. The van der Waals surface area contributed by atoms with Crippen LogP contribution >= 0.6 is 0 Å². The van der Waals surface area contributed by atoms with E-state index in [1.807, 2.05) is 31.2 Å². The fourth-order valence-corrected chi connectivity index (χ4v) is 1.94. The van der Waals surface area contributed by atoms with Gasteiger partial charge in [0.2, 0.25) is 5.88 Å². The maximum absolute atomic E-state index is 5.86. The van der Waals surface area contributed by atoms with Crippen molar-refractivity contribution in [2.75, 3.05) is 0 Å². The van der Waals surface area contributed by atoms with Crippen LogP contribution in [0, 0.1) is 6.92 Å². The predicted molar refractivity (Wildman–Crippen MR) is 82.1 cm³/mol. The molecular weight excluding hydrogens is 248 g/mol. The Labute approximate surface area is 120 Å². The lowest BCUT2D eigenvalue weighted by atomic mass is 9.87. The molecule has 3 nitrogen and oxygen atoms in total. The lowest BCUT2D eigenvalue weighted by Gasteiger charge is -2.19. The van der Waals surface area contributed by atoms with Crippen molar-refractivity contribution >= 4 is 0 Å². The van der Waals surface area contributed by atoms with Crippen LogP contribution < -0.4 is 10.5 Å². The molecule has 0 bridgehead atoms. The smallest absolute Gasteiger partial charge is 0.223 e. The molecule has 0 fully saturated rings. The molecule has 0 amide bonds. The number of nitrogens with zero attached hydrogens (tertiary/aromatic N) is 1. The third-order valence-electron chi connectivity index (χ3n) is 3.23. The van der Waals surface area contributed by atoms with Gasteiger partial charge in [-0.05, 0) is 36.1 Å². The molecule has 0 spiro atoms. The third-order valence-corrected chi connectivity index (χ3v) is 3.23. The topological polar surface area (TPSA) is 48.1 Å². The molecule has 106 valence electrons. The molecule has 0 unspecified atom stereocenters. The van der Waals surface area contributed by atoms with Crippen molar-refractivity contribution in [3.8, 4) is 11.6 Å². The van der Waals surface area contributed by atoms with E-state index in [1.54, 1.807) is 0 Å². The minimum Gasteiger partial charge on any atom is -0.439 e. The second-order valence-electron chi connectivity index (χ2n) is 6.00. The number of ether oxygens (including phenoxy) is 1. The number of aromatic nitrogens is 1. The van der Waals surface area contributed by atoms with Gasteiger partial charge in [-0.2, -0.15) is 0 Å². The van der Waals surface area contributed by atoms with E-state index in [9.17, 15) is 0 Å². The van der Waals surface area contributed by atoms with Crippen molar-refractivity contribution in [2.45, 2.75) is 39.7 Å². The minimum absolute atomic E-state index is 0.141. The Balaban J connectivity index is 2.24. The summed E-state index contributed by atoms with van der Waals surface area (Å²) in [4.78, 5) is 4.41. The van der Waals surface area contributed by atoms with Gasteiger partial charge in [0.1, 0.15) is 5.75 Å². The average molecular weight is 270 g/mol. The molecule has 20 heavy (non-hydrogen) atoms. The Bertz CT molecular complexity index is 583. The number of rotatable bonds is 3. The summed E-state index contributed by atoms with van der Waals surface area (Å²) in [5, 5.41) is 0. The van der Waals surface area contributed by atoms with Gasteiger partial charge < -0.3 is 10.5 Å². The minimum atomic E-state index is 0.141. The van der Waals surface area contributed by atoms with Crippen molar-refractivity contribution in [3.05, 3.63) is 53.2 Å². The molecule has 1 aromatic carbocycles. The van der Waals surface area contributed by atoms with Crippen LogP contribution in [0.4, 0.5) is 0 Å². The summed E-state index contributed by atoms with van der Waals surface area (Å²) in [6.45, 7) is 8.94. The zero-order valence-corrected chi connectivity index (χ0v) is 12.6. The Morgan fingerprint density at radius 1 is 1.05 bits per heavy atom. The Hall–Kier alpha value is -1.87. The number of hydrogen-bond acceptors (Lipinski definition) is 3. The third kappa shape index (κ3) is 3.36. The summed E-state index contributed by atoms with van der Waals surface area (Å²) >= 11 is 0. The van der Waals surface area contributed by atoms with E-state index in [4.69, 9.17) is 10.5 Å². The van der Waals surface area contributed by atoms with Gasteiger partial charge in [0.15, 0.2) is 0 Å². The van der Waals surface area contributed by atoms with Crippen molar-refractivity contribution in [1.82, 2.24) is 4.98 Å². The van der Waals surface area contributed by atoms with E-state index in [2.05, 4.69) is 37.9 Å². The van der Waals surface area contributed by atoms with Gasteiger partial charge in [-0.3, -0.25) is 0 Å². The first-order valence-corrected chi connectivity index (χ1v) is 6.85. The molecule has 0 aliphatic carbocycles. The van der Waals surface area contributed by atoms with E-state index in [0.717, 1.165) is 17.0 Å². The molecule has 1 aromatic heterocycles. The number of hydrogen-bond donors (Lipinski definition) is 1. The Kier molecular flexibility index (Phi) is 4.09. The zero-order chi connectivity index (χ0) is 14.8. The maximum Gasteiger partial charge on any atom is 0.223 e. The van der Waals surface area contributed by atoms with E-state index in [-0.39, 0.29) is 5.41 Å². The first kappa shape index (κ1) is 14.5. The van der Waals surface area contributed by atoms with Crippen LogP contribution in [0.5, 0.6) is 11.6 Å². The molecule has 0 radical (unpaired) electrons. The molecule has 0 aliphatic heterocycles. The number of pyridine rings is 1. The molecule has 3 heteroatoms. The summed E-state index contributed by atoms with van der Waals surface area (Å²) in [5.74, 6) is 1.38. The highest BCUT2D eigenvalue weighted by Crippen LogP contribution is 2.27. The molecule has 0 atom stereocenters. The van der Waals surface area contributed by atoms with E-state index in [0.29, 0.717) is 12.4 Å². The van der Waals surface area contributed by atoms with E-state index < -0.39 is 0 Å². The largest absolute Gasteiger partial charge is 0.439 e. The zero-order valence-electron chi connectivity index (χ0n) is 12.6. The van der Waals surface area contributed by atoms with Gasteiger partial charge in [-0.15, -0.1) is 0 Å². The standard InChI is InChI=1S/C17H22N2O/c1-12-5-6-13(11-18)16(19-12)20-15-9-7-14(8-10-15)17(2,3)4/h5-10H,11,18H2,1-4H3. The highest BCUT2D eigenvalue weighted by atomic mass is 16.5.